The molecule has 17 heteroatoms. The SMILES string of the molecule is Cc1sc(-c2cccc3c2nc(OC2CC4C(=O)CC5(C(=O)NS(=O)(=O)N(C)C)CC5C=CCCCCCC(NC(=O)OC(C)(C)C)C(=O)N4C2)n3C(C)C)nc1C(C)(C)C. The third-order valence-electron chi connectivity index (χ3n) is 11.6. The number of ether oxygens (including phenoxy) is 2. The van der Waals surface area contributed by atoms with Crippen molar-refractivity contribution in [2.75, 3.05) is 20.6 Å². The minimum Gasteiger partial charge on any atom is -0.459 e. The molecule has 3 aliphatic rings. The largest absolute Gasteiger partial charge is 0.459 e. The maximum Gasteiger partial charge on any atom is 0.408 e. The van der Waals surface area contributed by atoms with E-state index >= 15 is 0 Å². The lowest BCUT2D eigenvalue weighted by Crippen LogP contribution is -2.53. The molecule has 0 radical (unpaired) electrons. The number of alkyl carbamates (subject to hydrolysis) is 1. The van der Waals surface area contributed by atoms with Crippen molar-refractivity contribution >= 4 is 56.3 Å². The molecular formula is C44H63N7O8S2. The zero-order chi connectivity index (χ0) is 44.8. The van der Waals surface area contributed by atoms with Gasteiger partial charge in [0.15, 0.2) is 5.78 Å². The van der Waals surface area contributed by atoms with Crippen molar-refractivity contribution in [2.24, 2.45) is 11.3 Å². The van der Waals surface area contributed by atoms with Crippen LogP contribution in [-0.4, -0.2) is 100 Å². The molecule has 5 unspecified atom stereocenters. The molecule has 1 saturated carbocycles. The number of carbonyl (C=O) groups excluding carboxylic acids is 4. The number of hydrogen-bond donors (Lipinski definition) is 2. The van der Waals surface area contributed by atoms with E-state index in [0.29, 0.717) is 25.3 Å². The Kier molecular flexibility index (Phi) is 13.2. The number of carbonyl (C=O) groups is 4. The molecule has 2 N–H and O–H groups in total. The summed E-state index contributed by atoms with van der Waals surface area (Å²) < 4.78 is 43.1. The zero-order valence-corrected chi connectivity index (χ0v) is 39.1. The summed E-state index contributed by atoms with van der Waals surface area (Å²) in [7, 11) is -1.51. The predicted molar refractivity (Wildman–Crippen MR) is 235 cm³/mol. The second kappa shape index (κ2) is 17.4. The van der Waals surface area contributed by atoms with Gasteiger partial charge in [-0.2, -0.15) is 17.7 Å². The highest BCUT2D eigenvalue weighted by molar-refractivity contribution is 7.87. The van der Waals surface area contributed by atoms with Crippen LogP contribution in [0.15, 0.2) is 30.4 Å². The molecule has 0 bridgehead atoms. The Morgan fingerprint density at radius 3 is 2.41 bits per heavy atom. The van der Waals surface area contributed by atoms with Gasteiger partial charge < -0.3 is 19.7 Å². The number of fused-ring (bicyclic) bond motifs is 3. The van der Waals surface area contributed by atoms with E-state index in [0.717, 1.165) is 49.3 Å². The Hall–Kier alpha value is -4.35. The van der Waals surface area contributed by atoms with Crippen LogP contribution in [0.25, 0.3) is 21.6 Å². The number of nitrogens with zero attached hydrogens (tertiary/aromatic N) is 5. The van der Waals surface area contributed by atoms with Crippen molar-refractivity contribution in [3.05, 3.63) is 40.9 Å². The fourth-order valence-electron chi connectivity index (χ4n) is 8.46. The number of aryl methyl sites for hydroxylation is 1. The first-order valence-corrected chi connectivity index (χ1v) is 23.6. The van der Waals surface area contributed by atoms with E-state index in [2.05, 4.69) is 37.7 Å². The molecule has 2 aliphatic heterocycles. The van der Waals surface area contributed by atoms with Gasteiger partial charge >= 0.3 is 16.3 Å². The van der Waals surface area contributed by atoms with Gasteiger partial charge in [-0.25, -0.2) is 14.5 Å². The number of thiazole rings is 1. The van der Waals surface area contributed by atoms with Crippen LogP contribution in [0.1, 0.15) is 123 Å². The Morgan fingerprint density at radius 1 is 1.05 bits per heavy atom. The summed E-state index contributed by atoms with van der Waals surface area (Å²) in [6.45, 7) is 17.8. The summed E-state index contributed by atoms with van der Waals surface area (Å²) in [4.78, 5) is 69.2. The van der Waals surface area contributed by atoms with Crippen molar-refractivity contribution in [2.45, 2.75) is 149 Å². The van der Waals surface area contributed by atoms with Crippen LogP contribution in [-0.2, 0) is 34.7 Å². The van der Waals surface area contributed by atoms with E-state index in [4.69, 9.17) is 19.4 Å². The van der Waals surface area contributed by atoms with Crippen LogP contribution in [0.5, 0.6) is 6.01 Å². The molecule has 5 atom stereocenters. The summed E-state index contributed by atoms with van der Waals surface area (Å²) in [6.07, 6.45) is 5.74. The highest BCUT2D eigenvalue weighted by Gasteiger charge is 2.61. The van der Waals surface area contributed by atoms with E-state index in [1.807, 2.05) is 48.8 Å². The molecule has 334 valence electrons. The van der Waals surface area contributed by atoms with Gasteiger partial charge in [0.1, 0.15) is 28.3 Å². The quantitative estimate of drug-likeness (QED) is 0.224. The van der Waals surface area contributed by atoms with Gasteiger partial charge in [-0.05, 0) is 85.3 Å². The predicted octanol–water partition coefficient (Wildman–Crippen LogP) is 7.00. The van der Waals surface area contributed by atoms with Crippen LogP contribution in [0.3, 0.4) is 0 Å². The molecule has 3 aromatic rings. The number of Topliss-reactive ketones (excluding diaryl/α,β-unsaturated/α-hetero) is 1. The number of benzene rings is 1. The van der Waals surface area contributed by atoms with E-state index < -0.39 is 63.1 Å². The molecule has 0 spiro atoms. The summed E-state index contributed by atoms with van der Waals surface area (Å²) in [5, 5.41) is 3.64. The van der Waals surface area contributed by atoms with Crippen LogP contribution in [0.2, 0.25) is 0 Å². The van der Waals surface area contributed by atoms with Gasteiger partial charge in [-0.15, -0.1) is 11.3 Å². The highest BCUT2D eigenvalue weighted by atomic mass is 32.2. The summed E-state index contributed by atoms with van der Waals surface area (Å²) in [5.41, 5.74) is 1.20. The average Bonchev–Trinajstić information content (AvgIpc) is 3.43. The number of imidazole rings is 1. The van der Waals surface area contributed by atoms with Gasteiger partial charge in [0.25, 0.3) is 6.01 Å². The molecule has 2 aromatic heterocycles. The summed E-state index contributed by atoms with van der Waals surface area (Å²) >= 11 is 1.62. The zero-order valence-electron chi connectivity index (χ0n) is 37.5. The van der Waals surface area contributed by atoms with E-state index in [1.165, 1.54) is 19.0 Å². The summed E-state index contributed by atoms with van der Waals surface area (Å²) in [5.74, 6) is -1.97. The molecule has 2 fully saturated rings. The number of hydrogen-bond acceptors (Lipinski definition) is 11. The molecule has 6 rings (SSSR count). The second-order valence-corrected chi connectivity index (χ2v) is 22.4. The molecule has 1 aliphatic carbocycles. The number of ketones is 1. The molecule has 4 heterocycles. The Labute approximate surface area is 364 Å². The van der Waals surface area contributed by atoms with Crippen molar-refractivity contribution in [3.63, 3.8) is 0 Å². The molecule has 3 amide bonds. The Balaban J connectivity index is 1.37. The van der Waals surface area contributed by atoms with E-state index in [-0.39, 0.29) is 43.2 Å². The smallest absolute Gasteiger partial charge is 0.408 e. The van der Waals surface area contributed by atoms with Gasteiger partial charge in [-0.3, -0.25) is 19.0 Å². The van der Waals surface area contributed by atoms with Crippen molar-refractivity contribution in [3.8, 4) is 16.6 Å². The molecule has 61 heavy (non-hydrogen) atoms. The van der Waals surface area contributed by atoms with Gasteiger partial charge in [0, 0.05) is 48.8 Å². The minimum absolute atomic E-state index is 0.00799. The first-order valence-electron chi connectivity index (χ1n) is 21.3. The minimum atomic E-state index is -4.14. The van der Waals surface area contributed by atoms with Crippen molar-refractivity contribution < 1.29 is 37.1 Å². The third kappa shape index (κ3) is 10.1. The molecule has 1 saturated heterocycles. The Bertz CT molecular complexity index is 2300. The number of nitrogens with one attached hydrogen (secondary N) is 2. The first-order chi connectivity index (χ1) is 28.4. The molecular weight excluding hydrogens is 819 g/mol. The molecule has 15 nitrogen and oxygen atoms in total. The highest BCUT2D eigenvalue weighted by Crippen LogP contribution is 2.57. The third-order valence-corrected chi connectivity index (χ3v) is 14.0. The fraction of sp³-hybridized carbons (Fsp3) is 0.636. The number of para-hydroxylation sites is 1. The lowest BCUT2D eigenvalue weighted by molar-refractivity contribution is -0.140. The van der Waals surface area contributed by atoms with E-state index in [1.54, 1.807) is 32.1 Å². The van der Waals surface area contributed by atoms with Gasteiger partial charge in [-0.1, -0.05) is 51.8 Å². The number of rotatable bonds is 8. The second-order valence-electron chi connectivity index (χ2n) is 19.3. The van der Waals surface area contributed by atoms with Crippen LogP contribution in [0, 0.1) is 18.3 Å². The standard InChI is InChI=1S/C44H63N7O8S2/c1-26(2)51-32-21-17-19-30(37-47-36(27(3)60-37)42(4,5)6)35(32)46-40(51)58-29-22-33-34(52)24-44(39(54)48-61(56,57)49(10)11)23-28(44)18-15-13-12-14-16-20-31(38(53)50(33)25-29)45-41(55)59-43(7,8)9/h15,17-19,21,26,28-29,31,33H,12-14,16,20,22-25H2,1-11H3,(H,45,55)(H,48,54). The van der Waals surface area contributed by atoms with Crippen LogP contribution < -0.4 is 14.8 Å². The van der Waals surface area contributed by atoms with Gasteiger partial charge in [0.2, 0.25) is 11.8 Å². The monoisotopic (exact) mass is 881 g/mol. The lowest BCUT2D eigenvalue weighted by atomic mass is 9.91. The number of allylic oxidation sites excluding steroid dienone is 2. The lowest BCUT2D eigenvalue weighted by Gasteiger charge is -2.30. The summed E-state index contributed by atoms with van der Waals surface area (Å²) in [6, 6.07) is 4.20. The van der Waals surface area contributed by atoms with Crippen LogP contribution >= 0.6 is 11.3 Å². The van der Waals surface area contributed by atoms with Gasteiger partial charge in [0.05, 0.1) is 29.2 Å². The maximum atomic E-state index is 14.7. The average molecular weight is 882 g/mol. The Morgan fingerprint density at radius 2 is 1.77 bits per heavy atom. The first kappa shape index (κ1) is 46.2. The normalized spacial score (nSPS) is 24.3. The topological polar surface area (TPSA) is 182 Å². The fourth-order valence-corrected chi connectivity index (χ4v) is 10.2. The van der Waals surface area contributed by atoms with Crippen LogP contribution in [0.4, 0.5) is 4.79 Å². The molecule has 1 aromatic carbocycles. The van der Waals surface area contributed by atoms with Crippen molar-refractivity contribution in [1.82, 2.24) is 33.8 Å². The number of amides is 3. The van der Waals surface area contributed by atoms with E-state index in [9.17, 15) is 27.6 Å². The maximum absolute atomic E-state index is 14.7. The number of aromatic nitrogens is 3. The van der Waals surface area contributed by atoms with Crippen molar-refractivity contribution in [1.29, 1.82) is 0 Å².